The molecular formula is C10H14N2O2S. The summed E-state index contributed by atoms with van der Waals surface area (Å²) in [6, 6.07) is -0.0648. The fraction of sp³-hybridized carbons (Fsp3) is 0.700. The summed E-state index contributed by atoms with van der Waals surface area (Å²) in [5.74, 6) is -0.0905. The molecule has 0 aromatic rings. The molecule has 2 atom stereocenters. The first-order valence-corrected chi connectivity index (χ1v) is 5.66. The van der Waals surface area contributed by atoms with Crippen LogP contribution < -0.4 is 5.73 Å². The van der Waals surface area contributed by atoms with Gasteiger partial charge in [0.1, 0.15) is 0 Å². The molecule has 2 N–H and O–H groups in total. The monoisotopic (exact) mass is 226 g/mol. The molecule has 1 aliphatic carbocycles. The zero-order valence-corrected chi connectivity index (χ0v) is 9.26. The van der Waals surface area contributed by atoms with Gasteiger partial charge in [0.15, 0.2) is 0 Å². The average Bonchev–Trinajstić information content (AvgIpc) is 2.73. The SMILES string of the molecule is NC(=S)C1CCCC1N1C(=O)CCC1=O. The first-order chi connectivity index (χ1) is 7.11. The van der Waals surface area contributed by atoms with Gasteiger partial charge in [-0.2, -0.15) is 0 Å². The fourth-order valence-electron chi connectivity index (χ4n) is 2.55. The standard InChI is InChI=1S/C10H14N2O2S/c11-10(15)6-2-1-3-7(6)12-8(13)4-5-9(12)14/h6-7H,1-5H2,(H2,11,15). The van der Waals surface area contributed by atoms with Gasteiger partial charge in [-0.15, -0.1) is 0 Å². The summed E-state index contributed by atoms with van der Waals surface area (Å²) in [5, 5.41) is 0. The second kappa shape index (κ2) is 3.89. The average molecular weight is 226 g/mol. The first-order valence-electron chi connectivity index (χ1n) is 5.25. The van der Waals surface area contributed by atoms with Crippen LogP contribution in [0.1, 0.15) is 32.1 Å². The zero-order chi connectivity index (χ0) is 11.0. The smallest absolute Gasteiger partial charge is 0.229 e. The predicted octanol–water partition coefficient (Wildman–Crippen LogP) is 0.590. The van der Waals surface area contributed by atoms with Gasteiger partial charge >= 0.3 is 0 Å². The summed E-state index contributed by atoms with van der Waals surface area (Å²) in [6.45, 7) is 0. The van der Waals surface area contributed by atoms with Crippen molar-refractivity contribution in [2.45, 2.75) is 38.1 Å². The number of thiocarbonyl (C=S) groups is 1. The lowest BCUT2D eigenvalue weighted by molar-refractivity contribution is -0.141. The van der Waals surface area contributed by atoms with Crippen LogP contribution in [0, 0.1) is 5.92 Å². The molecule has 4 nitrogen and oxygen atoms in total. The summed E-state index contributed by atoms with van der Waals surface area (Å²) in [5.41, 5.74) is 5.63. The van der Waals surface area contributed by atoms with Crippen LogP contribution in [-0.2, 0) is 9.59 Å². The topological polar surface area (TPSA) is 63.4 Å². The molecule has 0 radical (unpaired) electrons. The number of nitrogens with two attached hydrogens (primary N) is 1. The van der Waals surface area contributed by atoms with Crippen molar-refractivity contribution < 1.29 is 9.59 Å². The summed E-state index contributed by atoms with van der Waals surface area (Å²) in [7, 11) is 0. The summed E-state index contributed by atoms with van der Waals surface area (Å²) in [6.07, 6.45) is 3.43. The highest BCUT2D eigenvalue weighted by atomic mass is 32.1. The molecule has 0 aromatic heterocycles. The Hall–Kier alpha value is -0.970. The molecule has 1 heterocycles. The predicted molar refractivity (Wildman–Crippen MR) is 59.0 cm³/mol. The highest BCUT2D eigenvalue weighted by Crippen LogP contribution is 2.33. The molecule has 2 fully saturated rings. The van der Waals surface area contributed by atoms with E-state index in [9.17, 15) is 9.59 Å². The van der Waals surface area contributed by atoms with E-state index < -0.39 is 0 Å². The molecule has 1 aliphatic heterocycles. The lowest BCUT2D eigenvalue weighted by Gasteiger charge is -2.27. The molecule has 2 amide bonds. The number of carbonyl (C=O) groups is 2. The highest BCUT2D eigenvalue weighted by Gasteiger charge is 2.41. The van der Waals surface area contributed by atoms with Crippen LogP contribution >= 0.6 is 12.2 Å². The summed E-state index contributed by atoms with van der Waals surface area (Å²) < 4.78 is 0. The molecule has 0 bridgehead atoms. The molecule has 2 rings (SSSR count). The molecule has 1 saturated carbocycles. The number of nitrogens with zero attached hydrogens (tertiary/aromatic N) is 1. The van der Waals surface area contributed by atoms with E-state index in [-0.39, 0.29) is 23.8 Å². The Balaban J connectivity index is 2.18. The quantitative estimate of drug-likeness (QED) is 0.553. The first kappa shape index (κ1) is 10.5. The van der Waals surface area contributed by atoms with E-state index in [2.05, 4.69) is 0 Å². The highest BCUT2D eigenvalue weighted by molar-refractivity contribution is 7.80. The molecule has 0 spiro atoms. The number of amides is 2. The second-order valence-electron chi connectivity index (χ2n) is 4.16. The Kier molecular flexibility index (Phi) is 2.73. The third-order valence-corrected chi connectivity index (χ3v) is 3.57. The number of hydrogen-bond acceptors (Lipinski definition) is 3. The third-order valence-electron chi connectivity index (χ3n) is 3.27. The van der Waals surface area contributed by atoms with Crippen molar-refractivity contribution in [2.75, 3.05) is 0 Å². The number of likely N-dealkylation sites (tertiary alicyclic amines) is 1. The van der Waals surface area contributed by atoms with Crippen LogP contribution in [0.4, 0.5) is 0 Å². The molecule has 5 heteroatoms. The van der Waals surface area contributed by atoms with E-state index in [0.717, 1.165) is 19.3 Å². The Morgan fingerprint density at radius 3 is 2.40 bits per heavy atom. The van der Waals surface area contributed by atoms with Crippen LogP contribution in [0.25, 0.3) is 0 Å². The Bertz CT molecular complexity index is 313. The summed E-state index contributed by atoms with van der Waals surface area (Å²) in [4.78, 5) is 25.0. The minimum absolute atomic E-state index is 0.0333. The Morgan fingerprint density at radius 2 is 1.87 bits per heavy atom. The normalized spacial score (nSPS) is 31.3. The van der Waals surface area contributed by atoms with Gasteiger partial charge in [0, 0.05) is 24.8 Å². The largest absolute Gasteiger partial charge is 0.393 e. The molecule has 1 saturated heterocycles. The molecule has 82 valence electrons. The Labute approximate surface area is 93.8 Å². The molecule has 0 aromatic carbocycles. The van der Waals surface area contributed by atoms with Gasteiger partial charge in [-0.3, -0.25) is 14.5 Å². The van der Waals surface area contributed by atoms with E-state index in [1.165, 1.54) is 4.90 Å². The van der Waals surface area contributed by atoms with Crippen molar-refractivity contribution in [3.63, 3.8) is 0 Å². The van der Waals surface area contributed by atoms with E-state index in [4.69, 9.17) is 18.0 Å². The number of rotatable bonds is 2. The van der Waals surface area contributed by atoms with Gasteiger partial charge in [0.25, 0.3) is 0 Å². The van der Waals surface area contributed by atoms with Gasteiger partial charge in [-0.1, -0.05) is 18.6 Å². The van der Waals surface area contributed by atoms with Crippen LogP contribution in [0.15, 0.2) is 0 Å². The van der Waals surface area contributed by atoms with Gasteiger partial charge in [-0.25, -0.2) is 0 Å². The third kappa shape index (κ3) is 1.76. The maximum absolute atomic E-state index is 11.6. The Morgan fingerprint density at radius 1 is 1.27 bits per heavy atom. The van der Waals surface area contributed by atoms with Crippen molar-refractivity contribution in [3.8, 4) is 0 Å². The molecular weight excluding hydrogens is 212 g/mol. The zero-order valence-electron chi connectivity index (χ0n) is 8.44. The molecule has 2 unspecified atom stereocenters. The minimum Gasteiger partial charge on any atom is -0.393 e. The number of imide groups is 1. The lowest BCUT2D eigenvalue weighted by atomic mass is 10.0. The van der Waals surface area contributed by atoms with Gasteiger partial charge in [-0.05, 0) is 12.8 Å². The van der Waals surface area contributed by atoms with E-state index in [1.54, 1.807) is 0 Å². The maximum atomic E-state index is 11.6. The summed E-state index contributed by atoms with van der Waals surface area (Å²) >= 11 is 4.97. The second-order valence-corrected chi connectivity index (χ2v) is 4.64. The fourth-order valence-corrected chi connectivity index (χ4v) is 2.82. The number of hydrogen-bond donors (Lipinski definition) is 1. The maximum Gasteiger partial charge on any atom is 0.229 e. The molecule has 15 heavy (non-hydrogen) atoms. The minimum atomic E-state index is -0.0648. The van der Waals surface area contributed by atoms with Crippen LogP contribution in [0.3, 0.4) is 0 Å². The number of carbonyl (C=O) groups excluding carboxylic acids is 2. The van der Waals surface area contributed by atoms with E-state index in [0.29, 0.717) is 17.8 Å². The van der Waals surface area contributed by atoms with Crippen molar-refractivity contribution >= 4 is 29.0 Å². The van der Waals surface area contributed by atoms with Crippen molar-refractivity contribution in [1.29, 1.82) is 0 Å². The van der Waals surface area contributed by atoms with Crippen LogP contribution in [0.5, 0.6) is 0 Å². The van der Waals surface area contributed by atoms with Gasteiger partial charge < -0.3 is 5.73 Å². The van der Waals surface area contributed by atoms with E-state index >= 15 is 0 Å². The van der Waals surface area contributed by atoms with E-state index in [1.807, 2.05) is 0 Å². The van der Waals surface area contributed by atoms with Crippen LogP contribution in [0.2, 0.25) is 0 Å². The molecule has 2 aliphatic rings. The van der Waals surface area contributed by atoms with Gasteiger partial charge in [0.2, 0.25) is 11.8 Å². The van der Waals surface area contributed by atoms with Crippen molar-refractivity contribution in [1.82, 2.24) is 4.90 Å². The van der Waals surface area contributed by atoms with Crippen molar-refractivity contribution in [2.24, 2.45) is 11.7 Å². The van der Waals surface area contributed by atoms with Crippen LogP contribution in [-0.4, -0.2) is 27.7 Å². The van der Waals surface area contributed by atoms with Crippen molar-refractivity contribution in [3.05, 3.63) is 0 Å². The lowest BCUT2D eigenvalue weighted by Crippen LogP contribution is -2.44. The van der Waals surface area contributed by atoms with Gasteiger partial charge in [0.05, 0.1) is 4.99 Å².